The summed E-state index contributed by atoms with van der Waals surface area (Å²) in [7, 11) is 0. The number of rotatable bonds is 8. The Kier molecular flexibility index (Phi) is 7.13. The molecule has 34 heavy (non-hydrogen) atoms. The second-order valence-corrected chi connectivity index (χ2v) is 9.21. The molecule has 0 unspecified atom stereocenters. The molecule has 1 saturated heterocycles. The van der Waals surface area contributed by atoms with Crippen LogP contribution in [0.15, 0.2) is 96.1 Å². The first-order valence-corrected chi connectivity index (χ1v) is 12.2. The summed E-state index contributed by atoms with van der Waals surface area (Å²) in [5.74, 6) is 0. The van der Waals surface area contributed by atoms with Crippen molar-refractivity contribution < 1.29 is 0 Å². The van der Waals surface area contributed by atoms with E-state index < -0.39 is 0 Å². The molecule has 5 nitrogen and oxygen atoms in total. The Labute approximate surface area is 201 Å². The molecule has 0 bridgehead atoms. The zero-order valence-corrected chi connectivity index (χ0v) is 19.6. The molecule has 1 aliphatic heterocycles. The highest BCUT2D eigenvalue weighted by atomic mass is 16.1. The van der Waals surface area contributed by atoms with Gasteiger partial charge in [0.15, 0.2) is 0 Å². The van der Waals surface area contributed by atoms with Gasteiger partial charge < -0.3 is 9.47 Å². The molecule has 0 amide bonds. The third-order valence-electron chi connectivity index (χ3n) is 6.97. The lowest BCUT2D eigenvalue weighted by Crippen LogP contribution is -2.45. The number of pyridine rings is 2. The average Bonchev–Trinajstić information content (AvgIpc) is 2.89. The van der Waals surface area contributed by atoms with Gasteiger partial charge in [0.05, 0.1) is 11.7 Å². The summed E-state index contributed by atoms with van der Waals surface area (Å²) in [4.78, 5) is 21.9. The van der Waals surface area contributed by atoms with Gasteiger partial charge in [0, 0.05) is 49.9 Å². The van der Waals surface area contributed by atoms with Gasteiger partial charge in [0.1, 0.15) is 0 Å². The summed E-state index contributed by atoms with van der Waals surface area (Å²) >= 11 is 0. The minimum atomic E-state index is 0.0484. The first-order chi connectivity index (χ1) is 16.8. The van der Waals surface area contributed by atoms with Crippen LogP contribution >= 0.6 is 0 Å². The van der Waals surface area contributed by atoms with E-state index in [1.807, 2.05) is 16.7 Å². The van der Waals surface area contributed by atoms with Crippen LogP contribution in [0.1, 0.15) is 24.0 Å². The van der Waals surface area contributed by atoms with Gasteiger partial charge in [-0.25, -0.2) is 0 Å². The van der Waals surface area contributed by atoms with Crippen molar-refractivity contribution in [2.45, 2.75) is 38.5 Å². The van der Waals surface area contributed by atoms with E-state index in [1.54, 1.807) is 18.5 Å². The van der Waals surface area contributed by atoms with Crippen LogP contribution in [0.25, 0.3) is 10.9 Å². The Bertz CT molecular complexity index is 1210. The Balaban J connectivity index is 1.23. The fraction of sp³-hybridized carbons (Fsp3) is 0.310. The van der Waals surface area contributed by atoms with Gasteiger partial charge in [-0.15, -0.1) is 0 Å². The predicted octanol–water partition coefficient (Wildman–Crippen LogP) is 4.56. The van der Waals surface area contributed by atoms with Crippen LogP contribution in [-0.4, -0.2) is 45.0 Å². The van der Waals surface area contributed by atoms with E-state index in [0.29, 0.717) is 12.6 Å². The minimum absolute atomic E-state index is 0.0484. The second kappa shape index (κ2) is 10.8. The van der Waals surface area contributed by atoms with Gasteiger partial charge >= 0.3 is 0 Å². The first-order valence-electron chi connectivity index (χ1n) is 12.2. The predicted molar refractivity (Wildman–Crippen MR) is 138 cm³/mol. The van der Waals surface area contributed by atoms with E-state index >= 15 is 0 Å². The van der Waals surface area contributed by atoms with Gasteiger partial charge in [-0.05, 0) is 49.2 Å². The minimum Gasteiger partial charge on any atom is -0.305 e. The summed E-state index contributed by atoms with van der Waals surface area (Å²) in [5, 5.41) is 1.06. The fourth-order valence-electron chi connectivity index (χ4n) is 5.06. The fourth-order valence-corrected chi connectivity index (χ4v) is 5.06. The zero-order valence-electron chi connectivity index (χ0n) is 19.6. The number of aromatic nitrogens is 2. The van der Waals surface area contributed by atoms with Crippen LogP contribution < -0.4 is 5.56 Å². The van der Waals surface area contributed by atoms with Crippen molar-refractivity contribution in [2.75, 3.05) is 19.6 Å². The van der Waals surface area contributed by atoms with Crippen molar-refractivity contribution in [3.05, 3.63) is 113 Å². The van der Waals surface area contributed by atoms with Crippen LogP contribution in [0.4, 0.5) is 0 Å². The van der Waals surface area contributed by atoms with Crippen LogP contribution in [0.2, 0.25) is 0 Å². The van der Waals surface area contributed by atoms with Crippen molar-refractivity contribution in [3.8, 4) is 0 Å². The maximum atomic E-state index is 12.5. The number of piperidine rings is 1. The molecule has 0 spiro atoms. The Hall–Kier alpha value is -3.28. The molecular formula is C29H32N4O. The molecule has 4 aromatic rings. The number of nitrogens with zero attached hydrogens (tertiary/aromatic N) is 4. The molecule has 2 aromatic heterocycles. The lowest BCUT2D eigenvalue weighted by Gasteiger charge is -2.39. The molecule has 0 radical (unpaired) electrons. The Morgan fingerprint density at radius 2 is 1.44 bits per heavy atom. The first kappa shape index (κ1) is 22.5. The summed E-state index contributed by atoms with van der Waals surface area (Å²) in [6.07, 6.45) is 5.86. The zero-order chi connectivity index (χ0) is 23.2. The maximum Gasteiger partial charge on any atom is 0.251 e. The van der Waals surface area contributed by atoms with E-state index in [4.69, 9.17) is 0 Å². The van der Waals surface area contributed by atoms with E-state index in [1.165, 1.54) is 11.1 Å². The number of likely N-dealkylation sites (tertiary alicyclic amines) is 1. The van der Waals surface area contributed by atoms with E-state index in [9.17, 15) is 4.79 Å². The summed E-state index contributed by atoms with van der Waals surface area (Å²) in [6, 6.07) is 27.7. The lowest BCUT2D eigenvalue weighted by atomic mass is 10.0. The highest BCUT2D eigenvalue weighted by molar-refractivity contribution is 5.77. The van der Waals surface area contributed by atoms with E-state index in [2.05, 4.69) is 75.4 Å². The van der Waals surface area contributed by atoms with Crippen molar-refractivity contribution in [1.82, 2.24) is 19.4 Å². The smallest absolute Gasteiger partial charge is 0.251 e. The quantitative estimate of drug-likeness (QED) is 0.393. The molecule has 5 heteroatoms. The molecule has 0 saturated carbocycles. The SMILES string of the molecule is O=c1ccc2ccncc2n1CCN1CCC(N(Cc2ccccc2)Cc2ccccc2)CC1. The molecule has 1 fully saturated rings. The maximum absolute atomic E-state index is 12.5. The Morgan fingerprint density at radius 3 is 2.09 bits per heavy atom. The van der Waals surface area contributed by atoms with Gasteiger partial charge in [-0.2, -0.15) is 0 Å². The van der Waals surface area contributed by atoms with Gasteiger partial charge in [-0.3, -0.25) is 14.7 Å². The molecule has 0 N–H and O–H groups in total. The normalized spacial score (nSPS) is 15.2. The highest BCUT2D eigenvalue weighted by Gasteiger charge is 2.25. The van der Waals surface area contributed by atoms with E-state index in [0.717, 1.165) is 56.5 Å². The van der Waals surface area contributed by atoms with Gasteiger partial charge in [0.2, 0.25) is 0 Å². The molecule has 2 aromatic carbocycles. The molecule has 174 valence electrons. The number of fused-ring (bicyclic) bond motifs is 1. The number of hydrogen-bond acceptors (Lipinski definition) is 4. The van der Waals surface area contributed by atoms with Crippen molar-refractivity contribution in [3.63, 3.8) is 0 Å². The summed E-state index contributed by atoms with van der Waals surface area (Å²) in [6.45, 7) is 5.64. The molecule has 0 atom stereocenters. The largest absolute Gasteiger partial charge is 0.305 e. The Morgan fingerprint density at radius 1 is 0.794 bits per heavy atom. The van der Waals surface area contributed by atoms with Crippen molar-refractivity contribution in [1.29, 1.82) is 0 Å². The second-order valence-electron chi connectivity index (χ2n) is 9.21. The highest BCUT2D eigenvalue weighted by Crippen LogP contribution is 2.22. The van der Waals surface area contributed by atoms with Crippen LogP contribution in [0.3, 0.4) is 0 Å². The molecular weight excluding hydrogens is 420 g/mol. The topological polar surface area (TPSA) is 41.4 Å². The van der Waals surface area contributed by atoms with E-state index in [-0.39, 0.29) is 5.56 Å². The van der Waals surface area contributed by atoms with Crippen LogP contribution in [0.5, 0.6) is 0 Å². The molecule has 3 heterocycles. The summed E-state index contributed by atoms with van der Waals surface area (Å²) in [5.41, 5.74) is 3.70. The van der Waals surface area contributed by atoms with Crippen LogP contribution in [-0.2, 0) is 19.6 Å². The number of benzene rings is 2. The molecule has 1 aliphatic rings. The standard InChI is InChI=1S/C29H32N4O/c34-29-12-11-26-13-16-30-21-28(26)33(29)20-19-31-17-14-27(15-18-31)32(22-24-7-3-1-4-8-24)23-25-9-5-2-6-10-25/h1-13,16,21,27H,14-15,17-20,22-23H2. The monoisotopic (exact) mass is 452 g/mol. The molecule has 0 aliphatic carbocycles. The third-order valence-corrected chi connectivity index (χ3v) is 6.97. The summed E-state index contributed by atoms with van der Waals surface area (Å²) < 4.78 is 1.87. The lowest BCUT2D eigenvalue weighted by molar-refractivity contribution is 0.0949. The molecule has 5 rings (SSSR count). The third kappa shape index (κ3) is 5.44. The van der Waals surface area contributed by atoms with Gasteiger partial charge in [-0.1, -0.05) is 60.7 Å². The van der Waals surface area contributed by atoms with Crippen molar-refractivity contribution in [2.24, 2.45) is 0 Å². The number of hydrogen-bond donors (Lipinski definition) is 0. The van der Waals surface area contributed by atoms with Gasteiger partial charge in [0.25, 0.3) is 5.56 Å². The van der Waals surface area contributed by atoms with Crippen LogP contribution in [0, 0.1) is 0 Å². The average molecular weight is 453 g/mol. The van der Waals surface area contributed by atoms with Crippen molar-refractivity contribution >= 4 is 10.9 Å².